The number of furan rings is 1. The zero-order valence-electron chi connectivity index (χ0n) is 11.3. The van der Waals surface area contributed by atoms with E-state index in [1.807, 2.05) is 36.0 Å². The van der Waals surface area contributed by atoms with E-state index in [-0.39, 0.29) is 5.91 Å². The largest absolute Gasteiger partial charge is 0.459 e. The van der Waals surface area contributed by atoms with Crippen LogP contribution in [0.4, 0.5) is 5.69 Å². The van der Waals surface area contributed by atoms with Crippen molar-refractivity contribution in [3.63, 3.8) is 0 Å². The van der Waals surface area contributed by atoms with Gasteiger partial charge >= 0.3 is 0 Å². The predicted octanol–water partition coefficient (Wildman–Crippen LogP) is 4.28. The van der Waals surface area contributed by atoms with Crippen molar-refractivity contribution in [2.75, 3.05) is 5.32 Å². The van der Waals surface area contributed by atoms with Gasteiger partial charge < -0.3 is 14.3 Å². The third-order valence-electron chi connectivity index (χ3n) is 3.16. The average Bonchev–Trinajstić information content (AvgIpc) is 3.11. The van der Waals surface area contributed by atoms with E-state index in [1.165, 1.54) is 6.26 Å². The number of nitrogens with one attached hydrogen (secondary N) is 1. The minimum atomic E-state index is -0.284. The van der Waals surface area contributed by atoms with Gasteiger partial charge in [0.25, 0.3) is 5.91 Å². The topological polar surface area (TPSA) is 47.2 Å². The summed E-state index contributed by atoms with van der Waals surface area (Å²) in [4.78, 5) is 12.3. The molecule has 0 fully saturated rings. The highest BCUT2D eigenvalue weighted by Gasteiger charge is 2.15. The molecule has 4 nitrogen and oxygen atoms in total. The minimum Gasteiger partial charge on any atom is -0.459 e. The van der Waals surface area contributed by atoms with Gasteiger partial charge in [0.15, 0.2) is 5.76 Å². The second-order valence-electron chi connectivity index (χ2n) is 4.64. The SMILES string of the molecule is Cc1ccoc1C(=O)Nc1ccc(Cl)cc1-n1cccc1. The van der Waals surface area contributed by atoms with E-state index in [1.54, 1.807) is 24.3 Å². The Hall–Kier alpha value is -2.46. The van der Waals surface area contributed by atoms with Crippen LogP contribution in [0.2, 0.25) is 5.02 Å². The summed E-state index contributed by atoms with van der Waals surface area (Å²) in [6, 6.07) is 10.9. The summed E-state index contributed by atoms with van der Waals surface area (Å²) in [5, 5.41) is 3.46. The van der Waals surface area contributed by atoms with Crippen LogP contribution in [0, 0.1) is 6.92 Å². The third-order valence-corrected chi connectivity index (χ3v) is 3.39. The molecule has 0 radical (unpaired) electrons. The summed E-state index contributed by atoms with van der Waals surface area (Å²) in [6.45, 7) is 1.83. The van der Waals surface area contributed by atoms with Gasteiger partial charge in [-0.3, -0.25) is 4.79 Å². The van der Waals surface area contributed by atoms with Crippen LogP contribution in [0.1, 0.15) is 16.1 Å². The van der Waals surface area contributed by atoms with Gasteiger partial charge in [-0.2, -0.15) is 0 Å². The average molecular weight is 301 g/mol. The van der Waals surface area contributed by atoms with Gasteiger partial charge in [0.05, 0.1) is 17.6 Å². The zero-order valence-corrected chi connectivity index (χ0v) is 12.1. The molecule has 3 rings (SSSR count). The monoisotopic (exact) mass is 300 g/mol. The molecule has 0 spiro atoms. The van der Waals surface area contributed by atoms with Gasteiger partial charge in [0.1, 0.15) is 0 Å². The number of hydrogen-bond donors (Lipinski definition) is 1. The highest BCUT2D eigenvalue weighted by molar-refractivity contribution is 6.31. The van der Waals surface area contributed by atoms with Crippen LogP contribution in [-0.2, 0) is 0 Å². The first kappa shape index (κ1) is 13.5. The van der Waals surface area contributed by atoms with Crippen LogP contribution in [0.15, 0.2) is 59.5 Å². The Kier molecular flexibility index (Phi) is 3.54. The molecule has 0 aliphatic heterocycles. The van der Waals surface area contributed by atoms with Crippen LogP contribution in [0.3, 0.4) is 0 Å². The lowest BCUT2D eigenvalue weighted by atomic mass is 10.2. The van der Waals surface area contributed by atoms with Crippen molar-refractivity contribution in [1.82, 2.24) is 4.57 Å². The van der Waals surface area contributed by atoms with E-state index in [0.717, 1.165) is 11.3 Å². The van der Waals surface area contributed by atoms with E-state index < -0.39 is 0 Å². The van der Waals surface area contributed by atoms with Gasteiger partial charge in [-0.05, 0) is 43.3 Å². The molecule has 0 aliphatic rings. The van der Waals surface area contributed by atoms with E-state index in [4.69, 9.17) is 16.0 Å². The molecule has 2 heterocycles. The van der Waals surface area contributed by atoms with E-state index in [9.17, 15) is 4.79 Å². The lowest BCUT2D eigenvalue weighted by Gasteiger charge is -2.12. The molecular formula is C16H13ClN2O2. The number of nitrogens with zero attached hydrogens (tertiary/aromatic N) is 1. The number of benzene rings is 1. The van der Waals surface area contributed by atoms with E-state index in [0.29, 0.717) is 16.5 Å². The van der Waals surface area contributed by atoms with Crippen LogP contribution in [0.5, 0.6) is 0 Å². The Morgan fingerprint density at radius 3 is 2.67 bits per heavy atom. The minimum absolute atomic E-state index is 0.284. The molecule has 0 atom stereocenters. The first-order valence-corrected chi connectivity index (χ1v) is 6.81. The van der Waals surface area contributed by atoms with Gasteiger partial charge in [-0.15, -0.1) is 0 Å². The van der Waals surface area contributed by atoms with Crippen molar-refractivity contribution in [3.05, 3.63) is 71.4 Å². The second kappa shape index (κ2) is 5.50. The molecular weight excluding hydrogens is 288 g/mol. The lowest BCUT2D eigenvalue weighted by molar-refractivity contribution is 0.0996. The maximum atomic E-state index is 12.3. The summed E-state index contributed by atoms with van der Waals surface area (Å²) < 4.78 is 7.09. The van der Waals surface area contributed by atoms with Crippen molar-refractivity contribution >= 4 is 23.2 Å². The molecule has 0 saturated carbocycles. The first-order chi connectivity index (χ1) is 10.1. The molecule has 2 aromatic heterocycles. The van der Waals surface area contributed by atoms with Crippen molar-refractivity contribution in [1.29, 1.82) is 0 Å². The maximum absolute atomic E-state index is 12.3. The van der Waals surface area contributed by atoms with Crippen LogP contribution < -0.4 is 5.32 Å². The summed E-state index contributed by atoms with van der Waals surface area (Å²) in [6.07, 6.45) is 5.28. The standard InChI is InChI=1S/C16H13ClN2O2/c1-11-6-9-21-15(11)16(20)18-13-5-4-12(17)10-14(13)19-7-2-3-8-19/h2-10H,1H3,(H,18,20). The fourth-order valence-corrected chi connectivity index (χ4v) is 2.27. The van der Waals surface area contributed by atoms with Gasteiger partial charge in [-0.25, -0.2) is 0 Å². The number of hydrogen-bond acceptors (Lipinski definition) is 2. The van der Waals surface area contributed by atoms with Gasteiger partial charge in [0.2, 0.25) is 0 Å². The van der Waals surface area contributed by atoms with Crippen LogP contribution in [-0.4, -0.2) is 10.5 Å². The van der Waals surface area contributed by atoms with Crippen molar-refractivity contribution in [2.24, 2.45) is 0 Å². The van der Waals surface area contributed by atoms with Crippen molar-refractivity contribution in [3.8, 4) is 5.69 Å². The summed E-state index contributed by atoms with van der Waals surface area (Å²) in [7, 11) is 0. The molecule has 1 amide bonds. The highest BCUT2D eigenvalue weighted by atomic mass is 35.5. The molecule has 0 saturated heterocycles. The predicted molar refractivity (Wildman–Crippen MR) is 82.2 cm³/mol. The number of halogens is 1. The number of carbonyl (C=O) groups is 1. The molecule has 3 aromatic rings. The first-order valence-electron chi connectivity index (χ1n) is 6.43. The molecule has 21 heavy (non-hydrogen) atoms. The Labute approximate surface area is 127 Å². The van der Waals surface area contributed by atoms with Crippen LogP contribution >= 0.6 is 11.6 Å². The van der Waals surface area contributed by atoms with E-state index in [2.05, 4.69) is 5.32 Å². The normalized spacial score (nSPS) is 10.6. The smallest absolute Gasteiger partial charge is 0.291 e. The number of aromatic nitrogens is 1. The molecule has 1 N–H and O–H groups in total. The van der Waals surface area contributed by atoms with E-state index >= 15 is 0 Å². The second-order valence-corrected chi connectivity index (χ2v) is 5.08. The number of anilines is 1. The summed E-state index contributed by atoms with van der Waals surface area (Å²) in [5.74, 6) is 0.0247. The number of rotatable bonds is 3. The third kappa shape index (κ3) is 2.71. The van der Waals surface area contributed by atoms with Gasteiger partial charge in [0, 0.05) is 23.0 Å². The van der Waals surface area contributed by atoms with Crippen molar-refractivity contribution < 1.29 is 9.21 Å². The van der Waals surface area contributed by atoms with Gasteiger partial charge in [-0.1, -0.05) is 11.6 Å². The molecule has 0 bridgehead atoms. The Balaban J connectivity index is 1.96. The zero-order chi connectivity index (χ0) is 14.8. The summed E-state index contributed by atoms with van der Waals surface area (Å²) >= 11 is 6.05. The molecule has 0 unspecified atom stereocenters. The molecule has 5 heteroatoms. The Bertz CT molecular complexity index is 775. The van der Waals surface area contributed by atoms with Crippen molar-refractivity contribution in [2.45, 2.75) is 6.92 Å². The molecule has 1 aromatic carbocycles. The molecule has 0 aliphatic carbocycles. The quantitative estimate of drug-likeness (QED) is 0.784. The Morgan fingerprint density at radius 1 is 1.24 bits per heavy atom. The summed E-state index contributed by atoms with van der Waals surface area (Å²) in [5.41, 5.74) is 2.26. The number of aryl methyl sites for hydroxylation is 1. The molecule has 106 valence electrons. The fraction of sp³-hybridized carbons (Fsp3) is 0.0625. The number of amides is 1. The highest BCUT2D eigenvalue weighted by Crippen LogP contribution is 2.25. The fourth-order valence-electron chi connectivity index (χ4n) is 2.10. The Morgan fingerprint density at radius 2 is 2.00 bits per heavy atom. The lowest BCUT2D eigenvalue weighted by Crippen LogP contribution is -2.13. The maximum Gasteiger partial charge on any atom is 0.291 e. The number of carbonyl (C=O) groups excluding carboxylic acids is 1. The van der Waals surface area contributed by atoms with Crippen LogP contribution in [0.25, 0.3) is 5.69 Å².